The summed E-state index contributed by atoms with van der Waals surface area (Å²) >= 11 is 0. The first-order chi connectivity index (χ1) is 7.61. The third-order valence-corrected chi connectivity index (χ3v) is 4.52. The van der Waals surface area contributed by atoms with Crippen LogP contribution in [0.1, 0.15) is 60.3 Å². The van der Waals surface area contributed by atoms with E-state index in [-0.39, 0.29) is 0 Å². The van der Waals surface area contributed by atoms with E-state index in [1.165, 1.54) is 32.2 Å². The van der Waals surface area contributed by atoms with Gasteiger partial charge in [-0.25, -0.2) is 0 Å². The van der Waals surface area contributed by atoms with Gasteiger partial charge in [0.1, 0.15) is 0 Å². The van der Waals surface area contributed by atoms with Gasteiger partial charge in [-0.2, -0.15) is 0 Å². The number of rotatable bonds is 5. The van der Waals surface area contributed by atoms with E-state index in [0.717, 1.165) is 12.6 Å². The number of nitrogens with one attached hydrogen (secondary N) is 1. The van der Waals surface area contributed by atoms with Crippen molar-refractivity contribution in [2.75, 3.05) is 13.1 Å². The SMILES string of the molecule is CCC1CN(C(CC)CC)C(C)(CC)CN1. The van der Waals surface area contributed by atoms with Crippen LogP contribution in [0.15, 0.2) is 0 Å². The molecule has 2 heteroatoms. The number of hydrogen-bond donors (Lipinski definition) is 1. The van der Waals surface area contributed by atoms with Gasteiger partial charge in [-0.15, -0.1) is 0 Å². The Morgan fingerprint density at radius 1 is 1.25 bits per heavy atom. The van der Waals surface area contributed by atoms with Crippen molar-refractivity contribution >= 4 is 0 Å². The standard InChI is InChI=1S/C14H30N2/c1-6-12-10-16(13(7-2)8-3)14(5,9-4)11-15-12/h12-13,15H,6-11H2,1-5H3. The largest absolute Gasteiger partial charge is 0.311 e. The first kappa shape index (κ1) is 14.0. The van der Waals surface area contributed by atoms with E-state index < -0.39 is 0 Å². The lowest BCUT2D eigenvalue weighted by Gasteiger charge is -2.51. The van der Waals surface area contributed by atoms with Gasteiger partial charge in [-0.05, 0) is 32.6 Å². The third-order valence-electron chi connectivity index (χ3n) is 4.52. The highest BCUT2D eigenvalue weighted by Crippen LogP contribution is 2.28. The van der Waals surface area contributed by atoms with Crippen molar-refractivity contribution in [3.63, 3.8) is 0 Å². The first-order valence-electron chi connectivity index (χ1n) is 7.11. The van der Waals surface area contributed by atoms with E-state index >= 15 is 0 Å². The predicted octanol–water partition coefficient (Wildman–Crippen LogP) is 3.03. The Bertz CT molecular complexity index is 201. The zero-order valence-corrected chi connectivity index (χ0v) is 11.8. The fourth-order valence-electron chi connectivity index (χ4n) is 2.91. The maximum atomic E-state index is 3.70. The molecular formula is C14H30N2. The van der Waals surface area contributed by atoms with Gasteiger partial charge in [0.2, 0.25) is 0 Å². The summed E-state index contributed by atoms with van der Waals surface area (Å²) in [5.41, 5.74) is 0.363. The summed E-state index contributed by atoms with van der Waals surface area (Å²) in [4.78, 5) is 2.78. The van der Waals surface area contributed by atoms with Crippen molar-refractivity contribution in [3.05, 3.63) is 0 Å². The maximum absolute atomic E-state index is 3.70. The normalized spacial score (nSPS) is 32.2. The average molecular weight is 226 g/mol. The second-order valence-electron chi connectivity index (χ2n) is 5.46. The zero-order chi connectivity index (χ0) is 12.2. The van der Waals surface area contributed by atoms with Crippen LogP contribution in [-0.2, 0) is 0 Å². The summed E-state index contributed by atoms with van der Waals surface area (Å²) in [6.45, 7) is 14.1. The molecule has 0 aromatic carbocycles. The molecule has 1 heterocycles. The number of nitrogens with zero attached hydrogens (tertiary/aromatic N) is 1. The van der Waals surface area contributed by atoms with E-state index in [1.54, 1.807) is 0 Å². The van der Waals surface area contributed by atoms with Crippen LogP contribution in [0.2, 0.25) is 0 Å². The minimum Gasteiger partial charge on any atom is -0.311 e. The summed E-state index contributed by atoms with van der Waals surface area (Å²) in [6, 6.07) is 1.46. The number of hydrogen-bond acceptors (Lipinski definition) is 2. The van der Waals surface area contributed by atoms with Crippen LogP contribution in [0, 0.1) is 0 Å². The van der Waals surface area contributed by atoms with E-state index in [9.17, 15) is 0 Å². The van der Waals surface area contributed by atoms with Gasteiger partial charge < -0.3 is 5.32 Å². The van der Waals surface area contributed by atoms with Crippen LogP contribution in [0.3, 0.4) is 0 Å². The molecular weight excluding hydrogens is 196 g/mol. The van der Waals surface area contributed by atoms with Gasteiger partial charge in [-0.1, -0.05) is 27.7 Å². The van der Waals surface area contributed by atoms with Crippen LogP contribution in [0.5, 0.6) is 0 Å². The second kappa shape index (κ2) is 6.02. The molecule has 1 saturated heterocycles. The Kier molecular flexibility index (Phi) is 5.26. The van der Waals surface area contributed by atoms with Crippen molar-refractivity contribution in [2.24, 2.45) is 0 Å². The number of piperazine rings is 1. The molecule has 96 valence electrons. The van der Waals surface area contributed by atoms with Gasteiger partial charge in [0, 0.05) is 30.7 Å². The van der Waals surface area contributed by atoms with Gasteiger partial charge in [0.25, 0.3) is 0 Å². The van der Waals surface area contributed by atoms with Crippen LogP contribution >= 0.6 is 0 Å². The zero-order valence-electron chi connectivity index (χ0n) is 11.8. The van der Waals surface area contributed by atoms with Gasteiger partial charge in [0.15, 0.2) is 0 Å². The quantitative estimate of drug-likeness (QED) is 0.775. The molecule has 0 aliphatic carbocycles. The minimum atomic E-state index is 0.363. The van der Waals surface area contributed by atoms with Crippen LogP contribution in [-0.4, -0.2) is 35.6 Å². The lowest BCUT2D eigenvalue weighted by Crippen LogP contribution is -2.65. The van der Waals surface area contributed by atoms with Gasteiger partial charge in [-0.3, -0.25) is 4.90 Å². The molecule has 0 aromatic heterocycles. The van der Waals surface area contributed by atoms with Crippen LogP contribution < -0.4 is 5.32 Å². The summed E-state index contributed by atoms with van der Waals surface area (Å²) in [6.07, 6.45) is 5.05. The molecule has 1 fully saturated rings. The molecule has 0 aromatic rings. The molecule has 1 N–H and O–H groups in total. The van der Waals surface area contributed by atoms with E-state index in [2.05, 4.69) is 44.8 Å². The van der Waals surface area contributed by atoms with Crippen molar-refractivity contribution < 1.29 is 0 Å². The lowest BCUT2D eigenvalue weighted by molar-refractivity contribution is 0.00653. The third kappa shape index (κ3) is 2.78. The fraction of sp³-hybridized carbons (Fsp3) is 1.00. The van der Waals surface area contributed by atoms with Crippen molar-refractivity contribution in [2.45, 2.75) is 77.9 Å². The van der Waals surface area contributed by atoms with Crippen LogP contribution in [0.25, 0.3) is 0 Å². The second-order valence-corrected chi connectivity index (χ2v) is 5.46. The molecule has 2 atom stereocenters. The molecule has 1 aliphatic heterocycles. The van der Waals surface area contributed by atoms with Crippen LogP contribution in [0.4, 0.5) is 0 Å². The van der Waals surface area contributed by atoms with Crippen molar-refractivity contribution in [3.8, 4) is 0 Å². The Morgan fingerprint density at radius 3 is 2.31 bits per heavy atom. The van der Waals surface area contributed by atoms with Crippen molar-refractivity contribution in [1.82, 2.24) is 10.2 Å². The topological polar surface area (TPSA) is 15.3 Å². The lowest BCUT2D eigenvalue weighted by atomic mass is 9.88. The molecule has 0 bridgehead atoms. The molecule has 16 heavy (non-hydrogen) atoms. The Morgan fingerprint density at radius 2 is 1.88 bits per heavy atom. The summed E-state index contributed by atoms with van der Waals surface area (Å²) in [5.74, 6) is 0. The molecule has 0 amide bonds. The predicted molar refractivity (Wildman–Crippen MR) is 71.9 cm³/mol. The molecule has 0 spiro atoms. The van der Waals surface area contributed by atoms with E-state index in [1.807, 2.05) is 0 Å². The molecule has 0 radical (unpaired) electrons. The maximum Gasteiger partial charge on any atom is 0.0306 e. The smallest absolute Gasteiger partial charge is 0.0306 e. The molecule has 0 saturated carbocycles. The highest BCUT2D eigenvalue weighted by molar-refractivity contribution is 4.97. The Labute approximate surface area is 102 Å². The summed E-state index contributed by atoms with van der Waals surface area (Å²) in [5, 5.41) is 3.70. The minimum absolute atomic E-state index is 0.363. The Balaban J connectivity index is 2.78. The molecule has 2 nitrogen and oxygen atoms in total. The fourth-order valence-corrected chi connectivity index (χ4v) is 2.91. The van der Waals surface area contributed by atoms with Gasteiger partial charge >= 0.3 is 0 Å². The van der Waals surface area contributed by atoms with Crippen molar-refractivity contribution in [1.29, 1.82) is 0 Å². The van der Waals surface area contributed by atoms with Gasteiger partial charge in [0.05, 0.1) is 0 Å². The molecule has 2 unspecified atom stereocenters. The highest BCUT2D eigenvalue weighted by Gasteiger charge is 2.38. The molecule has 1 rings (SSSR count). The summed E-state index contributed by atoms with van der Waals surface area (Å²) < 4.78 is 0. The summed E-state index contributed by atoms with van der Waals surface area (Å²) in [7, 11) is 0. The molecule has 1 aliphatic rings. The van der Waals surface area contributed by atoms with E-state index in [0.29, 0.717) is 11.6 Å². The average Bonchev–Trinajstić information content (AvgIpc) is 2.33. The first-order valence-corrected chi connectivity index (χ1v) is 7.11. The van der Waals surface area contributed by atoms with E-state index in [4.69, 9.17) is 0 Å². The highest BCUT2D eigenvalue weighted by atomic mass is 15.3. The Hall–Kier alpha value is -0.0800. The monoisotopic (exact) mass is 226 g/mol.